The second kappa shape index (κ2) is 14.7. The van der Waals surface area contributed by atoms with Crippen LogP contribution < -0.4 is 10.1 Å². The molecule has 2 amide bonds. The van der Waals surface area contributed by atoms with Crippen LogP contribution >= 0.6 is 24.0 Å². The van der Waals surface area contributed by atoms with Crippen molar-refractivity contribution >= 4 is 57.8 Å². The summed E-state index contributed by atoms with van der Waals surface area (Å²) in [5.41, 5.74) is 2.11. The molecular weight excluding hydrogens is 624 g/mol. The van der Waals surface area contributed by atoms with Crippen LogP contribution in [0.2, 0.25) is 0 Å². The van der Waals surface area contributed by atoms with Gasteiger partial charge >= 0.3 is 5.97 Å². The maximum Gasteiger partial charge on any atom is 0.335 e. The fourth-order valence-electron chi connectivity index (χ4n) is 4.74. The van der Waals surface area contributed by atoms with Gasteiger partial charge in [-0.3, -0.25) is 19.4 Å². The van der Waals surface area contributed by atoms with Crippen LogP contribution in [0.25, 0.3) is 17.2 Å². The predicted molar refractivity (Wildman–Crippen MR) is 171 cm³/mol. The maximum atomic E-state index is 14.2. The highest BCUT2D eigenvalue weighted by Gasteiger charge is 2.32. The van der Waals surface area contributed by atoms with Gasteiger partial charge in [-0.25, -0.2) is 13.6 Å². The number of carbonyl (C=O) groups is 3. The third kappa shape index (κ3) is 8.31. The van der Waals surface area contributed by atoms with Crippen LogP contribution in [0, 0.1) is 11.6 Å². The van der Waals surface area contributed by atoms with Gasteiger partial charge in [-0.15, -0.1) is 0 Å². The number of carboxylic acid groups (broad SMARTS) is 1. The molecule has 2 aliphatic heterocycles. The van der Waals surface area contributed by atoms with Crippen LogP contribution in [0.1, 0.15) is 22.3 Å². The fraction of sp³-hybridized carbons (Fsp3) is 0.250. The number of nitrogens with zero attached hydrogens (tertiary/aromatic N) is 2. The smallest absolute Gasteiger partial charge is 0.335 e. The number of thiocarbonyl (C=S) groups is 1. The van der Waals surface area contributed by atoms with E-state index in [1.54, 1.807) is 24.3 Å². The minimum Gasteiger partial charge on any atom is -0.492 e. The Bertz CT molecular complexity index is 1640. The van der Waals surface area contributed by atoms with E-state index in [0.29, 0.717) is 63.7 Å². The van der Waals surface area contributed by atoms with Gasteiger partial charge in [-0.1, -0.05) is 36.1 Å². The zero-order valence-electron chi connectivity index (χ0n) is 24.0. The molecule has 0 spiro atoms. The topological polar surface area (TPSA) is 108 Å². The van der Waals surface area contributed by atoms with Gasteiger partial charge in [0.2, 0.25) is 5.91 Å². The average molecular weight is 654 g/mol. The van der Waals surface area contributed by atoms with E-state index in [4.69, 9.17) is 26.8 Å². The Balaban J connectivity index is 1.27. The number of benzene rings is 3. The van der Waals surface area contributed by atoms with Crippen molar-refractivity contribution in [2.75, 3.05) is 51.3 Å². The van der Waals surface area contributed by atoms with E-state index in [-0.39, 0.29) is 30.3 Å². The fourth-order valence-corrected chi connectivity index (χ4v) is 6.05. The van der Waals surface area contributed by atoms with Crippen molar-refractivity contribution in [1.29, 1.82) is 0 Å². The molecule has 0 aliphatic carbocycles. The van der Waals surface area contributed by atoms with Crippen LogP contribution in [0.5, 0.6) is 5.75 Å². The summed E-state index contributed by atoms with van der Waals surface area (Å²) >= 11 is 6.52. The van der Waals surface area contributed by atoms with Crippen LogP contribution in [-0.2, 0) is 14.3 Å². The number of carboxylic acids is 1. The number of hydrogen-bond donors (Lipinski definition) is 2. The van der Waals surface area contributed by atoms with E-state index in [0.717, 1.165) is 37.0 Å². The first-order valence-corrected chi connectivity index (χ1v) is 15.3. The van der Waals surface area contributed by atoms with Crippen LogP contribution in [0.4, 0.5) is 14.5 Å². The van der Waals surface area contributed by atoms with Gasteiger partial charge in [0.05, 0.1) is 23.7 Å². The van der Waals surface area contributed by atoms with Crippen molar-refractivity contribution in [3.8, 4) is 16.9 Å². The molecule has 3 aromatic rings. The Hall–Kier alpha value is -4.17. The summed E-state index contributed by atoms with van der Waals surface area (Å²) in [5, 5.41) is 11.7. The molecule has 2 aliphatic rings. The van der Waals surface area contributed by atoms with Gasteiger partial charge in [0.1, 0.15) is 16.7 Å². The third-order valence-electron chi connectivity index (χ3n) is 7.15. The molecule has 0 saturated carbocycles. The highest BCUT2D eigenvalue weighted by Crippen LogP contribution is 2.36. The lowest BCUT2D eigenvalue weighted by atomic mass is 10.0. The Morgan fingerprint density at radius 2 is 1.78 bits per heavy atom. The molecule has 3 aromatic carbocycles. The number of amides is 2. The number of rotatable bonds is 11. The van der Waals surface area contributed by atoms with Crippen molar-refractivity contribution in [1.82, 2.24) is 9.80 Å². The maximum absolute atomic E-state index is 14.2. The summed E-state index contributed by atoms with van der Waals surface area (Å²) in [7, 11) is 0. The monoisotopic (exact) mass is 653 g/mol. The molecule has 0 unspecified atom stereocenters. The zero-order chi connectivity index (χ0) is 31.9. The zero-order valence-corrected chi connectivity index (χ0v) is 25.6. The van der Waals surface area contributed by atoms with Gasteiger partial charge in [0, 0.05) is 43.9 Å². The van der Waals surface area contributed by atoms with Gasteiger partial charge in [0.25, 0.3) is 5.91 Å². The number of anilines is 1. The molecule has 2 N–H and O–H groups in total. The first-order chi connectivity index (χ1) is 21.7. The Morgan fingerprint density at radius 1 is 1.02 bits per heavy atom. The number of thioether (sulfide) groups is 1. The summed E-state index contributed by atoms with van der Waals surface area (Å²) < 4.78 is 39.7. The van der Waals surface area contributed by atoms with Crippen molar-refractivity contribution in [2.45, 2.75) is 6.42 Å². The van der Waals surface area contributed by atoms with Gasteiger partial charge < -0.3 is 19.9 Å². The van der Waals surface area contributed by atoms with Crippen LogP contribution in [0.3, 0.4) is 0 Å². The summed E-state index contributed by atoms with van der Waals surface area (Å²) in [6, 6.07) is 14.6. The summed E-state index contributed by atoms with van der Waals surface area (Å²) in [4.78, 5) is 40.6. The lowest BCUT2D eigenvalue weighted by Gasteiger charge is -2.26. The molecule has 0 atom stereocenters. The Kier molecular flexibility index (Phi) is 10.6. The summed E-state index contributed by atoms with van der Waals surface area (Å²) in [6.07, 6.45) is 1.63. The summed E-state index contributed by atoms with van der Waals surface area (Å²) in [6.45, 7) is 4.07. The van der Waals surface area contributed by atoms with Gasteiger partial charge in [-0.05, 0) is 65.7 Å². The molecule has 2 saturated heterocycles. The second-order valence-corrected chi connectivity index (χ2v) is 11.9. The molecule has 45 heavy (non-hydrogen) atoms. The molecule has 2 heterocycles. The number of carbonyl (C=O) groups excluding carboxylic acids is 2. The molecule has 234 valence electrons. The standard InChI is InChI=1S/C32H29F2N3O6S2/c33-25-7-4-22(19-26(25)34)24-17-20(1-8-27(24)43-16-13-36-11-14-42-15-12-36)18-28-30(39)37(32(44)45-28)10-9-29(38)35-23-5-2-21(3-6-23)31(40)41/h1-8,17-19H,9-16H2,(H,35,38)(H,40,41). The largest absolute Gasteiger partial charge is 0.492 e. The van der Waals surface area contributed by atoms with E-state index in [1.807, 2.05) is 0 Å². The van der Waals surface area contributed by atoms with E-state index >= 15 is 0 Å². The first-order valence-electron chi connectivity index (χ1n) is 14.1. The number of hydrogen-bond acceptors (Lipinski definition) is 8. The summed E-state index contributed by atoms with van der Waals surface area (Å²) in [5.74, 6) is -3.25. The normalized spacial score (nSPS) is 16.3. The van der Waals surface area contributed by atoms with E-state index in [2.05, 4.69) is 10.2 Å². The lowest BCUT2D eigenvalue weighted by molar-refractivity contribution is -0.122. The lowest BCUT2D eigenvalue weighted by Crippen LogP contribution is -2.38. The third-order valence-corrected chi connectivity index (χ3v) is 8.53. The molecule has 5 rings (SSSR count). The SMILES string of the molecule is O=C(CCN1C(=O)C(=Cc2ccc(OCCN3CCOCC3)c(-c3ccc(F)c(F)c3)c2)SC1=S)Nc1ccc(C(=O)O)cc1. The molecule has 2 fully saturated rings. The van der Waals surface area contributed by atoms with Crippen molar-refractivity contribution < 1.29 is 37.7 Å². The van der Waals surface area contributed by atoms with Crippen molar-refractivity contribution in [2.24, 2.45) is 0 Å². The number of ether oxygens (including phenoxy) is 2. The number of morpholine rings is 1. The van der Waals surface area contributed by atoms with Crippen molar-refractivity contribution in [3.63, 3.8) is 0 Å². The highest BCUT2D eigenvalue weighted by molar-refractivity contribution is 8.26. The van der Waals surface area contributed by atoms with Crippen LogP contribution in [0.15, 0.2) is 65.6 Å². The number of nitrogens with one attached hydrogen (secondary N) is 1. The quantitative estimate of drug-likeness (QED) is 0.211. The molecule has 0 radical (unpaired) electrons. The molecule has 9 nitrogen and oxygen atoms in total. The van der Waals surface area contributed by atoms with E-state index in [9.17, 15) is 23.2 Å². The van der Waals surface area contributed by atoms with E-state index < -0.39 is 17.6 Å². The van der Waals surface area contributed by atoms with Crippen molar-refractivity contribution in [3.05, 3.63) is 88.3 Å². The number of aromatic carboxylic acids is 1. The Labute approximate surface area is 267 Å². The van der Waals surface area contributed by atoms with E-state index in [1.165, 1.54) is 35.2 Å². The predicted octanol–water partition coefficient (Wildman–Crippen LogP) is 5.27. The highest BCUT2D eigenvalue weighted by atomic mass is 32.2. The second-order valence-electron chi connectivity index (χ2n) is 10.2. The molecule has 13 heteroatoms. The number of halogens is 2. The van der Waals surface area contributed by atoms with Gasteiger partial charge in [-0.2, -0.15) is 0 Å². The van der Waals surface area contributed by atoms with Crippen LogP contribution in [-0.4, -0.2) is 83.0 Å². The Morgan fingerprint density at radius 3 is 2.49 bits per heavy atom. The first kappa shape index (κ1) is 32.2. The average Bonchev–Trinajstić information content (AvgIpc) is 3.29. The van der Waals surface area contributed by atoms with Gasteiger partial charge in [0.15, 0.2) is 11.6 Å². The molecular formula is C32H29F2N3O6S2. The molecule has 0 bridgehead atoms. The minimum absolute atomic E-state index is 0.0306. The minimum atomic E-state index is -1.07. The molecule has 0 aromatic heterocycles.